The highest BCUT2D eigenvalue weighted by atomic mass is 16.5. The van der Waals surface area contributed by atoms with Crippen molar-refractivity contribution in [2.24, 2.45) is 0 Å². The molecule has 112 valence electrons. The van der Waals surface area contributed by atoms with E-state index in [4.69, 9.17) is 10.2 Å². The molecule has 19 heavy (non-hydrogen) atoms. The van der Waals surface area contributed by atoms with Gasteiger partial charge in [0.1, 0.15) is 0 Å². The van der Waals surface area contributed by atoms with Crippen LogP contribution >= 0.6 is 0 Å². The molecule has 0 aromatic heterocycles. The van der Waals surface area contributed by atoms with Crippen molar-refractivity contribution in [2.45, 2.75) is 83.8 Å². The molecule has 0 aromatic carbocycles. The van der Waals surface area contributed by atoms with Crippen LogP contribution in [-0.2, 0) is 0 Å². The Balaban J connectivity index is 3.14. The average molecular weight is 268 g/mol. The molecule has 2 heteroatoms. The third kappa shape index (κ3) is 17.4. The maximum Gasteiger partial charge on any atom is 0.151 e. The number of unbranched alkanes of at least 4 members (excludes halogenated alkanes) is 7. The largest absolute Gasteiger partial charge is 0.368 e. The van der Waals surface area contributed by atoms with Crippen molar-refractivity contribution in [3.63, 3.8) is 0 Å². The van der Waals surface area contributed by atoms with Crippen molar-refractivity contribution >= 4 is 0 Å². The molecule has 0 heterocycles. The standard InChI is InChI=1S/C17H32O2/c1-2-3-4-5-6-7-8-9-10-11-12-13-14-15-16-17(18)19/h5-6,8-9,17-19H,2-4,7,10-16H2,1H3/b6-5-,9-8-. The summed E-state index contributed by atoms with van der Waals surface area (Å²) in [5.74, 6) is 0. The van der Waals surface area contributed by atoms with E-state index >= 15 is 0 Å². The molecule has 0 saturated carbocycles. The van der Waals surface area contributed by atoms with Crippen molar-refractivity contribution in [1.82, 2.24) is 0 Å². The molecule has 0 spiro atoms. The Labute approximate surface area is 119 Å². The highest BCUT2D eigenvalue weighted by Crippen LogP contribution is 2.08. The lowest BCUT2D eigenvalue weighted by Crippen LogP contribution is -2.02. The fourth-order valence-corrected chi connectivity index (χ4v) is 1.95. The van der Waals surface area contributed by atoms with E-state index in [1.807, 2.05) is 0 Å². The van der Waals surface area contributed by atoms with Gasteiger partial charge in [0.05, 0.1) is 0 Å². The molecule has 0 fully saturated rings. The SMILES string of the molecule is CCCC/C=C\C/C=C\CCCCCCCC(O)O. The summed E-state index contributed by atoms with van der Waals surface area (Å²) in [5, 5.41) is 17.4. The van der Waals surface area contributed by atoms with Crippen LogP contribution in [0, 0.1) is 0 Å². The van der Waals surface area contributed by atoms with Crippen LogP contribution < -0.4 is 0 Å². The van der Waals surface area contributed by atoms with Gasteiger partial charge in [0.25, 0.3) is 0 Å². The monoisotopic (exact) mass is 268 g/mol. The molecule has 0 bridgehead atoms. The molecule has 0 saturated heterocycles. The van der Waals surface area contributed by atoms with Crippen LogP contribution in [0.15, 0.2) is 24.3 Å². The first-order chi connectivity index (χ1) is 9.27. The van der Waals surface area contributed by atoms with E-state index in [9.17, 15) is 0 Å². The van der Waals surface area contributed by atoms with Crippen molar-refractivity contribution in [3.8, 4) is 0 Å². The summed E-state index contributed by atoms with van der Waals surface area (Å²) in [6.45, 7) is 2.22. The Hall–Kier alpha value is -0.600. The fraction of sp³-hybridized carbons (Fsp3) is 0.765. The van der Waals surface area contributed by atoms with Crippen LogP contribution in [0.4, 0.5) is 0 Å². The zero-order valence-electron chi connectivity index (χ0n) is 12.6. The summed E-state index contributed by atoms with van der Waals surface area (Å²) in [6, 6.07) is 0. The predicted octanol–water partition coefficient (Wildman–Crippen LogP) is 4.72. The molecule has 0 aromatic rings. The average Bonchev–Trinajstić information content (AvgIpc) is 2.39. The number of allylic oxidation sites excluding steroid dienone is 4. The molecule has 2 N–H and O–H groups in total. The van der Waals surface area contributed by atoms with Crippen molar-refractivity contribution < 1.29 is 10.2 Å². The van der Waals surface area contributed by atoms with E-state index < -0.39 is 6.29 Å². The molecule has 0 amide bonds. The first-order valence-electron chi connectivity index (χ1n) is 7.93. The van der Waals surface area contributed by atoms with Crippen molar-refractivity contribution in [3.05, 3.63) is 24.3 Å². The van der Waals surface area contributed by atoms with E-state index in [1.54, 1.807) is 0 Å². The number of rotatable bonds is 13. The van der Waals surface area contributed by atoms with Crippen molar-refractivity contribution in [1.29, 1.82) is 0 Å². The fourth-order valence-electron chi connectivity index (χ4n) is 1.95. The van der Waals surface area contributed by atoms with Crippen LogP contribution in [0.1, 0.15) is 77.6 Å². The van der Waals surface area contributed by atoms with E-state index in [-0.39, 0.29) is 0 Å². The second-order valence-corrected chi connectivity index (χ2v) is 5.15. The van der Waals surface area contributed by atoms with Gasteiger partial charge in [0.15, 0.2) is 6.29 Å². The minimum atomic E-state index is -1.12. The predicted molar refractivity (Wildman–Crippen MR) is 83.0 cm³/mol. The number of hydrogen-bond donors (Lipinski definition) is 2. The van der Waals surface area contributed by atoms with Crippen LogP contribution in [0.3, 0.4) is 0 Å². The molecular weight excluding hydrogens is 236 g/mol. The summed E-state index contributed by atoms with van der Waals surface area (Å²) in [7, 11) is 0. The van der Waals surface area contributed by atoms with Crippen molar-refractivity contribution in [2.75, 3.05) is 0 Å². The number of aliphatic hydroxyl groups is 2. The van der Waals surface area contributed by atoms with Gasteiger partial charge in [-0.1, -0.05) is 63.3 Å². The summed E-state index contributed by atoms with van der Waals surface area (Å²) in [4.78, 5) is 0. The summed E-state index contributed by atoms with van der Waals surface area (Å²) < 4.78 is 0. The molecule has 0 rings (SSSR count). The van der Waals surface area contributed by atoms with Crippen LogP contribution in [0.2, 0.25) is 0 Å². The second-order valence-electron chi connectivity index (χ2n) is 5.15. The Kier molecular flexibility index (Phi) is 15.0. The maximum atomic E-state index is 8.68. The van der Waals surface area contributed by atoms with Crippen LogP contribution in [0.5, 0.6) is 0 Å². The van der Waals surface area contributed by atoms with E-state index in [0.29, 0.717) is 6.42 Å². The van der Waals surface area contributed by atoms with Gasteiger partial charge in [-0.05, 0) is 38.5 Å². The zero-order chi connectivity index (χ0) is 14.2. The number of hydrogen-bond acceptors (Lipinski definition) is 2. The van der Waals surface area contributed by atoms with Gasteiger partial charge in [0, 0.05) is 0 Å². The van der Waals surface area contributed by atoms with Gasteiger partial charge in [-0.3, -0.25) is 0 Å². The summed E-state index contributed by atoms with van der Waals surface area (Å²) in [6.07, 6.45) is 20.2. The van der Waals surface area contributed by atoms with E-state index in [1.165, 1.54) is 44.9 Å². The summed E-state index contributed by atoms with van der Waals surface area (Å²) in [5.41, 5.74) is 0. The topological polar surface area (TPSA) is 40.5 Å². The van der Waals surface area contributed by atoms with Gasteiger partial charge < -0.3 is 10.2 Å². The minimum Gasteiger partial charge on any atom is -0.368 e. The first kappa shape index (κ1) is 18.4. The third-order valence-corrected chi connectivity index (χ3v) is 3.16. The highest BCUT2D eigenvalue weighted by molar-refractivity contribution is 4.92. The molecule has 0 aliphatic carbocycles. The molecule has 0 aliphatic rings. The maximum absolute atomic E-state index is 8.68. The van der Waals surface area contributed by atoms with Gasteiger partial charge in [0.2, 0.25) is 0 Å². The molecule has 0 radical (unpaired) electrons. The molecule has 0 atom stereocenters. The lowest BCUT2D eigenvalue weighted by atomic mass is 10.1. The lowest BCUT2D eigenvalue weighted by Gasteiger charge is -2.02. The number of aliphatic hydroxyl groups excluding tert-OH is 1. The van der Waals surface area contributed by atoms with Gasteiger partial charge in [-0.2, -0.15) is 0 Å². The molecular formula is C17H32O2. The smallest absolute Gasteiger partial charge is 0.151 e. The summed E-state index contributed by atoms with van der Waals surface area (Å²) >= 11 is 0. The van der Waals surface area contributed by atoms with Crippen LogP contribution in [-0.4, -0.2) is 16.5 Å². The Morgan fingerprint density at radius 1 is 0.737 bits per heavy atom. The third-order valence-electron chi connectivity index (χ3n) is 3.16. The van der Waals surface area contributed by atoms with E-state index in [2.05, 4.69) is 31.2 Å². The Bertz CT molecular complexity index is 219. The molecule has 0 aliphatic heterocycles. The second kappa shape index (κ2) is 15.5. The lowest BCUT2D eigenvalue weighted by molar-refractivity contribution is -0.0466. The van der Waals surface area contributed by atoms with Crippen LogP contribution in [0.25, 0.3) is 0 Å². The molecule has 0 unspecified atom stereocenters. The highest BCUT2D eigenvalue weighted by Gasteiger charge is 1.96. The normalized spacial score (nSPS) is 12.2. The quantitative estimate of drug-likeness (QED) is 0.288. The van der Waals surface area contributed by atoms with Gasteiger partial charge in [-0.25, -0.2) is 0 Å². The molecule has 2 nitrogen and oxygen atoms in total. The minimum absolute atomic E-state index is 0.518. The zero-order valence-corrected chi connectivity index (χ0v) is 12.6. The Morgan fingerprint density at radius 2 is 1.32 bits per heavy atom. The first-order valence-corrected chi connectivity index (χ1v) is 7.93. The van der Waals surface area contributed by atoms with Gasteiger partial charge in [-0.15, -0.1) is 0 Å². The van der Waals surface area contributed by atoms with Gasteiger partial charge >= 0.3 is 0 Å². The van der Waals surface area contributed by atoms with E-state index in [0.717, 1.165) is 19.3 Å². The Morgan fingerprint density at radius 3 is 1.95 bits per heavy atom.